The summed E-state index contributed by atoms with van der Waals surface area (Å²) in [6.07, 6.45) is -4.61. The summed E-state index contributed by atoms with van der Waals surface area (Å²) < 4.78 is 45.8. The van der Waals surface area contributed by atoms with Crippen LogP contribution in [0.15, 0.2) is 6.07 Å². The van der Waals surface area contributed by atoms with Gasteiger partial charge in [0, 0.05) is 18.2 Å². The number of hydrogen-bond acceptors (Lipinski definition) is 3. The Hall–Kier alpha value is -1.37. The van der Waals surface area contributed by atoms with Crippen LogP contribution in [0.3, 0.4) is 0 Å². The van der Waals surface area contributed by atoms with Gasteiger partial charge in [-0.15, -0.1) is 0 Å². The Bertz CT molecular complexity index is 552. The normalized spacial score (nSPS) is 32.9. The van der Waals surface area contributed by atoms with Crippen LogP contribution in [0, 0.1) is 31.6 Å². The molecule has 20 heavy (non-hydrogen) atoms. The molecule has 4 nitrogen and oxygen atoms in total. The van der Waals surface area contributed by atoms with Gasteiger partial charge < -0.3 is 4.74 Å². The van der Waals surface area contributed by atoms with Crippen molar-refractivity contribution in [3.8, 4) is 0 Å². The van der Waals surface area contributed by atoms with Crippen molar-refractivity contribution in [3.05, 3.63) is 17.5 Å². The number of fused-ring (bicyclic) bond motifs is 1. The van der Waals surface area contributed by atoms with Gasteiger partial charge in [0.15, 0.2) is 0 Å². The SMILES string of the molecule is Cc1cc(C)n(C(=O)[C@@H]2[C@H]3OCC[C@H]3[C@H]2C(F)(F)F)n1. The van der Waals surface area contributed by atoms with Gasteiger partial charge in [0.05, 0.1) is 23.6 Å². The second kappa shape index (κ2) is 4.31. The molecule has 1 saturated carbocycles. The summed E-state index contributed by atoms with van der Waals surface area (Å²) in [4.78, 5) is 12.4. The highest BCUT2D eigenvalue weighted by atomic mass is 19.4. The van der Waals surface area contributed by atoms with Crippen LogP contribution >= 0.6 is 0 Å². The van der Waals surface area contributed by atoms with E-state index >= 15 is 0 Å². The highest BCUT2D eigenvalue weighted by molar-refractivity contribution is 5.83. The Morgan fingerprint density at radius 3 is 2.70 bits per heavy atom. The summed E-state index contributed by atoms with van der Waals surface area (Å²) in [5, 5.41) is 3.99. The Morgan fingerprint density at radius 2 is 2.15 bits per heavy atom. The fraction of sp³-hybridized carbons (Fsp3) is 0.692. The molecule has 1 aliphatic carbocycles. The standard InChI is InChI=1S/C13H15F3N2O2/c1-6-5-7(2)18(17-6)12(19)9-10(13(14,15)16)8-3-4-20-11(8)9/h5,8-11H,3-4H2,1-2H3/t8-,9-,10+,11-/m0/s1. The average Bonchev–Trinajstić information content (AvgIpc) is 2.81. The molecule has 0 N–H and O–H groups in total. The van der Waals surface area contributed by atoms with E-state index in [-0.39, 0.29) is 0 Å². The number of rotatable bonds is 1. The van der Waals surface area contributed by atoms with Crippen molar-refractivity contribution in [3.63, 3.8) is 0 Å². The minimum Gasteiger partial charge on any atom is -0.377 e. The Labute approximate surface area is 113 Å². The summed E-state index contributed by atoms with van der Waals surface area (Å²) in [5.74, 6) is -3.96. The molecule has 3 rings (SSSR count). The Morgan fingerprint density at radius 1 is 1.45 bits per heavy atom. The third-order valence-electron chi connectivity index (χ3n) is 4.27. The number of aromatic nitrogens is 2. The molecule has 0 spiro atoms. The van der Waals surface area contributed by atoms with E-state index in [1.165, 1.54) is 0 Å². The lowest BCUT2D eigenvalue weighted by Crippen LogP contribution is -2.59. The molecule has 4 atom stereocenters. The zero-order valence-electron chi connectivity index (χ0n) is 11.1. The van der Waals surface area contributed by atoms with Crippen molar-refractivity contribution in [2.75, 3.05) is 6.61 Å². The summed E-state index contributed by atoms with van der Waals surface area (Å²) in [6.45, 7) is 3.66. The zero-order chi connectivity index (χ0) is 14.7. The van der Waals surface area contributed by atoms with Crippen LogP contribution in [-0.2, 0) is 4.74 Å². The predicted molar refractivity (Wildman–Crippen MR) is 63.2 cm³/mol. The predicted octanol–water partition coefficient (Wildman–Crippen LogP) is 2.35. The minimum absolute atomic E-state index is 0.294. The number of nitrogens with zero attached hydrogens (tertiary/aromatic N) is 2. The topological polar surface area (TPSA) is 44.1 Å². The summed E-state index contributed by atoms with van der Waals surface area (Å²) in [7, 11) is 0. The summed E-state index contributed by atoms with van der Waals surface area (Å²) in [6, 6.07) is 1.67. The van der Waals surface area contributed by atoms with Crippen LogP contribution < -0.4 is 0 Å². The van der Waals surface area contributed by atoms with Gasteiger partial charge in [-0.25, -0.2) is 4.68 Å². The maximum atomic E-state index is 13.1. The average molecular weight is 288 g/mol. The van der Waals surface area contributed by atoms with E-state index < -0.39 is 35.9 Å². The van der Waals surface area contributed by atoms with Crippen LogP contribution in [-0.4, -0.2) is 34.6 Å². The molecule has 0 radical (unpaired) electrons. The molecule has 2 aliphatic rings. The number of carbonyl (C=O) groups excluding carboxylic acids is 1. The number of aryl methyl sites for hydroxylation is 2. The van der Waals surface area contributed by atoms with E-state index in [1.807, 2.05) is 0 Å². The maximum absolute atomic E-state index is 13.1. The fourth-order valence-corrected chi connectivity index (χ4v) is 3.44. The van der Waals surface area contributed by atoms with Crippen molar-refractivity contribution in [2.24, 2.45) is 17.8 Å². The van der Waals surface area contributed by atoms with Gasteiger partial charge in [0.25, 0.3) is 5.91 Å². The van der Waals surface area contributed by atoms with Gasteiger partial charge in [-0.05, 0) is 26.3 Å². The summed E-state index contributed by atoms with van der Waals surface area (Å²) >= 11 is 0. The van der Waals surface area contributed by atoms with Gasteiger partial charge in [-0.3, -0.25) is 4.79 Å². The molecule has 0 bridgehead atoms. The van der Waals surface area contributed by atoms with Crippen molar-refractivity contribution >= 4 is 5.91 Å². The first kappa shape index (κ1) is 13.6. The lowest BCUT2D eigenvalue weighted by atomic mass is 9.61. The molecule has 2 fully saturated rings. The minimum atomic E-state index is -4.37. The van der Waals surface area contributed by atoms with Gasteiger partial charge in [0.2, 0.25) is 0 Å². The molecule has 7 heteroatoms. The van der Waals surface area contributed by atoms with E-state index in [0.717, 1.165) is 4.68 Å². The van der Waals surface area contributed by atoms with E-state index in [2.05, 4.69) is 5.10 Å². The molecule has 1 aromatic rings. The molecule has 1 aromatic heterocycles. The van der Waals surface area contributed by atoms with E-state index in [0.29, 0.717) is 24.4 Å². The smallest absolute Gasteiger partial charge is 0.377 e. The van der Waals surface area contributed by atoms with Crippen molar-refractivity contribution in [1.82, 2.24) is 9.78 Å². The number of carbonyl (C=O) groups is 1. The van der Waals surface area contributed by atoms with Crippen LogP contribution in [0.1, 0.15) is 22.6 Å². The van der Waals surface area contributed by atoms with Gasteiger partial charge >= 0.3 is 6.18 Å². The molecule has 1 aliphatic heterocycles. The highest BCUT2D eigenvalue weighted by Gasteiger charge is 2.67. The zero-order valence-corrected chi connectivity index (χ0v) is 11.1. The monoisotopic (exact) mass is 288 g/mol. The molecule has 0 amide bonds. The third kappa shape index (κ3) is 1.87. The van der Waals surface area contributed by atoms with Crippen molar-refractivity contribution < 1.29 is 22.7 Å². The second-order valence-electron chi connectivity index (χ2n) is 5.56. The lowest BCUT2D eigenvalue weighted by Gasteiger charge is -2.46. The van der Waals surface area contributed by atoms with E-state index in [1.54, 1.807) is 19.9 Å². The van der Waals surface area contributed by atoms with E-state index in [4.69, 9.17) is 4.74 Å². The second-order valence-corrected chi connectivity index (χ2v) is 5.56. The Balaban J connectivity index is 1.92. The fourth-order valence-electron chi connectivity index (χ4n) is 3.44. The first-order valence-corrected chi connectivity index (χ1v) is 6.56. The first-order chi connectivity index (χ1) is 9.30. The lowest BCUT2D eigenvalue weighted by molar-refractivity contribution is -0.249. The quantitative estimate of drug-likeness (QED) is 0.797. The number of hydrogen-bond donors (Lipinski definition) is 0. The van der Waals surface area contributed by atoms with Crippen molar-refractivity contribution in [2.45, 2.75) is 32.5 Å². The van der Waals surface area contributed by atoms with Crippen molar-refractivity contribution in [1.29, 1.82) is 0 Å². The molecule has 0 aromatic carbocycles. The molecule has 1 saturated heterocycles. The van der Waals surface area contributed by atoms with Crippen LogP contribution in [0.5, 0.6) is 0 Å². The van der Waals surface area contributed by atoms with Gasteiger partial charge in [-0.1, -0.05) is 0 Å². The number of halogens is 3. The number of alkyl halides is 3. The molecular formula is C13H15F3N2O2. The van der Waals surface area contributed by atoms with Crippen LogP contribution in [0.4, 0.5) is 13.2 Å². The molecule has 2 heterocycles. The molecule has 110 valence electrons. The Kier molecular flexibility index (Phi) is 2.93. The maximum Gasteiger partial charge on any atom is 0.393 e. The first-order valence-electron chi connectivity index (χ1n) is 6.56. The van der Waals surface area contributed by atoms with E-state index in [9.17, 15) is 18.0 Å². The van der Waals surface area contributed by atoms with Gasteiger partial charge in [-0.2, -0.15) is 18.3 Å². The third-order valence-corrected chi connectivity index (χ3v) is 4.27. The largest absolute Gasteiger partial charge is 0.393 e. The molecule has 0 unspecified atom stereocenters. The van der Waals surface area contributed by atoms with Gasteiger partial charge in [0.1, 0.15) is 0 Å². The number of ether oxygens (including phenoxy) is 1. The molecular weight excluding hydrogens is 273 g/mol. The summed E-state index contributed by atoms with van der Waals surface area (Å²) in [5.41, 5.74) is 1.16. The van der Waals surface area contributed by atoms with Crippen LogP contribution in [0.25, 0.3) is 0 Å². The highest BCUT2D eigenvalue weighted by Crippen LogP contribution is 2.55. The van der Waals surface area contributed by atoms with Crippen LogP contribution in [0.2, 0.25) is 0 Å².